The van der Waals surface area contributed by atoms with Crippen LogP contribution < -0.4 is 15.4 Å². The summed E-state index contributed by atoms with van der Waals surface area (Å²) in [5, 5.41) is 6.00. The van der Waals surface area contributed by atoms with Crippen LogP contribution in [0.1, 0.15) is 24.0 Å². The largest absolute Gasteiger partial charge is 0.497 e. The molecule has 29 heavy (non-hydrogen) atoms. The summed E-state index contributed by atoms with van der Waals surface area (Å²) in [5.41, 5.74) is 2.40. The maximum Gasteiger partial charge on any atom is 0.321 e. The highest BCUT2D eigenvalue weighted by Gasteiger charge is 2.42. The molecule has 2 N–H and O–H groups in total. The van der Waals surface area contributed by atoms with Crippen molar-refractivity contribution >= 4 is 23.3 Å². The van der Waals surface area contributed by atoms with E-state index in [1.165, 1.54) is 0 Å². The number of urea groups is 1. The molecule has 3 amide bonds. The van der Waals surface area contributed by atoms with Crippen molar-refractivity contribution in [2.24, 2.45) is 4.99 Å². The van der Waals surface area contributed by atoms with Crippen LogP contribution in [-0.2, 0) is 4.79 Å². The summed E-state index contributed by atoms with van der Waals surface area (Å²) in [6, 6.07) is 14.9. The van der Waals surface area contributed by atoms with Crippen LogP contribution in [0, 0.1) is 6.92 Å². The SMILES string of the molecule is COc1ccc(C2=NC3(CCN(C(=O)Nc4ccccc4C)CC3)NC2=O)cc1. The minimum Gasteiger partial charge on any atom is -0.497 e. The maximum atomic E-state index is 12.6. The Balaban J connectivity index is 1.43. The van der Waals surface area contributed by atoms with E-state index < -0.39 is 5.66 Å². The van der Waals surface area contributed by atoms with E-state index in [9.17, 15) is 9.59 Å². The van der Waals surface area contributed by atoms with Crippen molar-refractivity contribution in [3.63, 3.8) is 0 Å². The minimum atomic E-state index is -0.633. The summed E-state index contributed by atoms with van der Waals surface area (Å²) >= 11 is 0. The molecule has 1 spiro atoms. The van der Waals surface area contributed by atoms with Gasteiger partial charge < -0.3 is 20.3 Å². The van der Waals surface area contributed by atoms with Crippen LogP contribution in [0.4, 0.5) is 10.5 Å². The number of amides is 3. The number of aliphatic imine (C=N–C) groups is 1. The number of methoxy groups -OCH3 is 1. The molecule has 1 fully saturated rings. The van der Waals surface area contributed by atoms with Gasteiger partial charge in [-0.3, -0.25) is 9.79 Å². The Kier molecular flexibility index (Phi) is 4.96. The highest BCUT2D eigenvalue weighted by molar-refractivity contribution is 6.46. The number of nitrogens with one attached hydrogen (secondary N) is 2. The van der Waals surface area contributed by atoms with Crippen LogP contribution >= 0.6 is 0 Å². The number of ether oxygens (including phenoxy) is 1. The zero-order valence-electron chi connectivity index (χ0n) is 16.6. The summed E-state index contributed by atoms with van der Waals surface area (Å²) in [7, 11) is 1.60. The molecule has 2 aliphatic heterocycles. The van der Waals surface area contributed by atoms with Crippen LogP contribution in [0.15, 0.2) is 53.5 Å². The van der Waals surface area contributed by atoms with Crippen molar-refractivity contribution in [3.8, 4) is 5.75 Å². The fourth-order valence-corrected chi connectivity index (χ4v) is 3.73. The molecule has 7 nitrogen and oxygen atoms in total. The maximum absolute atomic E-state index is 12.6. The molecular weight excluding hydrogens is 368 g/mol. The van der Waals surface area contributed by atoms with Gasteiger partial charge in [-0.1, -0.05) is 18.2 Å². The molecule has 0 bridgehead atoms. The molecule has 0 aromatic heterocycles. The molecule has 0 unspecified atom stereocenters. The van der Waals surface area contributed by atoms with Gasteiger partial charge in [-0.15, -0.1) is 0 Å². The van der Waals surface area contributed by atoms with Crippen molar-refractivity contribution in [2.45, 2.75) is 25.4 Å². The van der Waals surface area contributed by atoms with Crippen LogP contribution in [0.3, 0.4) is 0 Å². The van der Waals surface area contributed by atoms with E-state index >= 15 is 0 Å². The lowest BCUT2D eigenvalue weighted by atomic mass is 9.98. The molecule has 2 aromatic rings. The minimum absolute atomic E-state index is 0.127. The molecular formula is C22H24N4O3. The van der Waals surface area contributed by atoms with Gasteiger partial charge in [0.05, 0.1) is 7.11 Å². The number of anilines is 1. The lowest BCUT2D eigenvalue weighted by Gasteiger charge is -2.37. The second-order valence-electron chi connectivity index (χ2n) is 7.41. The van der Waals surface area contributed by atoms with E-state index in [0.29, 0.717) is 31.6 Å². The summed E-state index contributed by atoms with van der Waals surface area (Å²) in [6.07, 6.45) is 1.17. The molecule has 7 heteroatoms. The molecule has 1 saturated heterocycles. The molecule has 0 atom stereocenters. The Morgan fingerprint density at radius 2 is 1.83 bits per heavy atom. The molecule has 2 heterocycles. The standard InChI is InChI=1S/C22H24N4O3/c1-15-5-3-4-6-18(15)23-21(28)26-13-11-22(12-14-26)24-19(20(27)25-22)16-7-9-17(29-2)10-8-16/h3-10H,11-14H2,1-2H3,(H,23,28)(H,25,27). The Hall–Kier alpha value is -3.35. The summed E-state index contributed by atoms with van der Waals surface area (Å²) < 4.78 is 5.17. The number of likely N-dealkylation sites (tertiary alicyclic amines) is 1. The highest BCUT2D eigenvalue weighted by Crippen LogP contribution is 2.29. The Bertz CT molecular complexity index is 960. The number of para-hydroxylation sites is 1. The van der Waals surface area contributed by atoms with Crippen LogP contribution in [0.25, 0.3) is 0 Å². The Morgan fingerprint density at radius 1 is 1.14 bits per heavy atom. The smallest absolute Gasteiger partial charge is 0.321 e. The number of benzene rings is 2. The first kappa shape index (κ1) is 19.0. The van der Waals surface area contributed by atoms with Crippen molar-refractivity contribution < 1.29 is 14.3 Å². The van der Waals surface area contributed by atoms with Gasteiger partial charge in [0.25, 0.3) is 5.91 Å². The monoisotopic (exact) mass is 392 g/mol. The number of nitrogens with zero attached hydrogens (tertiary/aromatic N) is 2. The van der Waals surface area contributed by atoms with Crippen molar-refractivity contribution in [2.75, 3.05) is 25.5 Å². The average molecular weight is 392 g/mol. The van der Waals surface area contributed by atoms with Gasteiger partial charge in [0.15, 0.2) is 0 Å². The van der Waals surface area contributed by atoms with E-state index in [1.54, 1.807) is 12.0 Å². The number of piperidine rings is 1. The molecule has 2 aromatic carbocycles. The predicted octanol–water partition coefficient (Wildman–Crippen LogP) is 2.95. The van der Waals surface area contributed by atoms with Gasteiger partial charge in [-0.05, 0) is 42.8 Å². The van der Waals surface area contributed by atoms with Gasteiger partial charge in [0.1, 0.15) is 17.1 Å². The number of rotatable bonds is 3. The molecule has 0 aliphatic carbocycles. The quantitative estimate of drug-likeness (QED) is 0.842. The first-order chi connectivity index (χ1) is 14.0. The highest BCUT2D eigenvalue weighted by atomic mass is 16.5. The average Bonchev–Trinajstić information content (AvgIpc) is 3.06. The second kappa shape index (κ2) is 7.58. The van der Waals surface area contributed by atoms with E-state index in [2.05, 4.69) is 10.6 Å². The number of hydrogen-bond acceptors (Lipinski definition) is 4. The van der Waals surface area contributed by atoms with Crippen molar-refractivity contribution in [1.29, 1.82) is 0 Å². The van der Waals surface area contributed by atoms with Crippen LogP contribution in [0.5, 0.6) is 5.75 Å². The molecule has 0 saturated carbocycles. The third-order valence-corrected chi connectivity index (χ3v) is 5.52. The number of aryl methyl sites for hydroxylation is 1. The van der Waals surface area contributed by atoms with Gasteiger partial charge in [0.2, 0.25) is 0 Å². The number of hydrogen-bond donors (Lipinski definition) is 2. The van der Waals surface area contributed by atoms with Gasteiger partial charge in [-0.2, -0.15) is 0 Å². The lowest BCUT2D eigenvalue weighted by molar-refractivity contribution is -0.115. The van der Waals surface area contributed by atoms with E-state index in [-0.39, 0.29) is 11.9 Å². The second-order valence-corrected chi connectivity index (χ2v) is 7.41. The zero-order valence-corrected chi connectivity index (χ0v) is 16.6. The topological polar surface area (TPSA) is 83.0 Å². The summed E-state index contributed by atoms with van der Waals surface area (Å²) in [6.45, 7) is 3.01. The molecule has 4 rings (SSSR count). The first-order valence-corrected chi connectivity index (χ1v) is 9.68. The fraction of sp³-hybridized carbons (Fsp3) is 0.318. The van der Waals surface area contributed by atoms with Crippen LogP contribution in [-0.4, -0.2) is 48.4 Å². The zero-order chi connectivity index (χ0) is 20.4. The Labute approximate surface area is 169 Å². The van der Waals surface area contributed by atoms with Crippen molar-refractivity contribution in [1.82, 2.24) is 10.2 Å². The summed E-state index contributed by atoms with van der Waals surface area (Å²) in [5.74, 6) is 0.559. The third-order valence-electron chi connectivity index (χ3n) is 5.52. The van der Waals surface area contributed by atoms with Crippen LogP contribution in [0.2, 0.25) is 0 Å². The van der Waals surface area contributed by atoms with Crippen molar-refractivity contribution in [3.05, 3.63) is 59.7 Å². The Morgan fingerprint density at radius 3 is 2.48 bits per heavy atom. The molecule has 0 radical (unpaired) electrons. The third kappa shape index (κ3) is 3.81. The predicted molar refractivity (Wildman–Crippen MR) is 111 cm³/mol. The van der Waals surface area contributed by atoms with Gasteiger partial charge >= 0.3 is 6.03 Å². The number of carbonyl (C=O) groups is 2. The van der Waals surface area contributed by atoms with Gasteiger partial charge in [-0.25, -0.2) is 4.79 Å². The van der Waals surface area contributed by atoms with E-state index in [0.717, 1.165) is 22.6 Å². The van der Waals surface area contributed by atoms with Gasteiger partial charge in [0, 0.05) is 37.2 Å². The summed E-state index contributed by atoms with van der Waals surface area (Å²) in [4.78, 5) is 31.6. The lowest BCUT2D eigenvalue weighted by Crippen LogP contribution is -2.53. The normalized spacial score (nSPS) is 17.7. The van der Waals surface area contributed by atoms with E-state index in [1.807, 2.05) is 55.5 Å². The number of carbonyl (C=O) groups excluding carboxylic acids is 2. The fourth-order valence-electron chi connectivity index (χ4n) is 3.73. The molecule has 2 aliphatic rings. The first-order valence-electron chi connectivity index (χ1n) is 9.68. The molecule has 150 valence electrons. The van der Waals surface area contributed by atoms with E-state index in [4.69, 9.17) is 9.73 Å².